The molecule has 0 aromatic heterocycles. The summed E-state index contributed by atoms with van der Waals surface area (Å²) in [6.45, 7) is 2.18. The van der Waals surface area contributed by atoms with E-state index in [-0.39, 0.29) is 24.3 Å². The largest absolute Gasteiger partial charge is 0.394 e. The summed E-state index contributed by atoms with van der Waals surface area (Å²) in [5, 5.41) is 31.7. The molecule has 0 bridgehead atoms. The molecule has 0 aromatic carbocycles. The maximum atomic E-state index is 10.0. The number of guanidine groups is 1. The second-order valence-electron chi connectivity index (χ2n) is 5.16. The predicted octanol–water partition coefficient (Wildman–Crippen LogP) is -3.01. The Bertz CT molecular complexity index is 418. The Hall–Kier alpha value is -1.04. The Balaban J connectivity index is 1.88. The van der Waals surface area contributed by atoms with Crippen LogP contribution in [0.3, 0.4) is 0 Å². The Morgan fingerprint density at radius 2 is 2.00 bits per heavy atom. The number of rotatable bonds is 2. The molecular weight excluding hydrogens is 312 g/mol. The molecule has 126 valence electrons. The highest BCUT2D eigenvalue weighted by Crippen LogP contribution is 2.15. The zero-order valence-corrected chi connectivity index (χ0v) is 12.9. The number of morpholine rings is 1. The Morgan fingerprint density at radius 1 is 1.32 bits per heavy atom. The van der Waals surface area contributed by atoms with E-state index in [1.807, 2.05) is 4.90 Å². The van der Waals surface area contributed by atoms with E-state index in [4.69, 9.17) is 32.5 Å². The lowest BCUT2D eigenvalue weighted by Gasteiger charge is -2.37. The van der Waals surface area contributed by atoms with Gasteiger partial charge < -0.3 is 40.7 Å². The van der Waals surface area contributed by atoms with Gasteiger partial charge in [0, 0.05) is 13.1 Å². The van der Waals surface area contributed by atoms with Crippen molar-refractivity contribution in [3.63, 3.8) is 0 Å². The van der Waals surface area contributed by atoms with E-state index >= 15 is 0 Å². The minimum Gasteiger partial charge on any atom is -0.394 e. The summed E-state index contributed by atoms with van der Waals surface area (Å²) < 4.78 is 10.5. The zero-order valence-electron chi connectivity index (χ0n) is 12.1. The summed E-state index contributed by atoms with van der Waals surface area (Å²) in [7, 11) is 0. The fourth-order valence-electron chi connectivity index (χ4n) is 2.33. The molecule has 2 heterocycles. The predicted molar refractivity (Wildman–Crippen MR) is 82.4 cm³/mol. The number of ether oxygens (including phenoxy) is 2. The van der Waals surface area contributed by atoms with Gasteiger partial charge in [-0.15, -0.1) is 0 Å². The number of hydrogen-bond acceptors (Lipinski definition) is 6. The molecule has 0 amide bonds. The third-order valence-electron chi connectivity index (χ3n) is 3.67. The van der Waals surface area contributed by atoms with Gasteiger partial charge in [0.2, 0.25) is 0 Å². The van der Waals surface area contributed by atoms with E-state index in [1.165, 1.54) is 0 Å². The van der Waals surface area contributed by atoms with E-state index < -0.39 is 24.4 Å². The van der Waals surface area contributed by atoms with Crippen LogP contribution in [0, 0.1) is 0 Å². The highest BCUT2D eigenvalue weighted by atomic mass is 32.1. The third-order valence-corrected chi connectivity index (χ3v) is 3.88. The lowest BCUT2D eigenvalue weighted by atomic mass is 9.99. The lowest BCUT2D eigenvalue weighted by molar-refractivity contribution is -0.159. The maximum absolute atomic E-state index is 10.0. The first-order valence-electron chi connectivity index (χ1n) is 7.09. The summed E-state index contributed by atoms with van der Waals surface area (Å²) in [4.78, 5) is 5.93. The molecular formula is C12H22N4O5S. The van der Waals surface area contributed by atoms with Crippen LogP contribution in [-0.2, 0) is 9.47 Å². The van der Waals surface area contributed by atoms with Crippen molar-refractivity contribution in [1.82, 2.24) is 10.2 Å². The molecule has 0 radical (unpaired) electrons. The Morgan fingerprint density at radius 3 is 2.64 bits per heavy atom. The van der Waals surface area contributed by atoms with Crippen molar-refractivity contribution in [2.24, 2.45) is 10.7 Å². The number of nitrogens with zero attached hydrogens (tertiary/aromatic N) is 2. The first kappa shape index (κ1) is 17.3. The van der Waals surface area contributed by atoms with Crippen molar-refractivity contribution in [3.8, 4) is 0 Å². The number of nitrogens with two attached hydrogens (primary N) is 1. The standard InChI is InChI=1S/C12H22N4O5S/c13-11(16-1-3-20-4-2-16)15-12(22)14-7-6-21-8(5-17)10(19)9(7)18/h7-10,17-19H,1-6H2,(H3,13,14,15,22)/t7-,8+,9+,10-/m0/s1. The van der Waals surface area contributed by atoms with Crippen LogP contribution in [0.5, 0.6) is 0 Å². The van der Waals surface area contributed by atoms with Crippen molar-refractivity contribution >= 4 is 23.3 Å². The topological polar surface area (TPSA) is 133 Å². The van der Waals surface area contributed by atoms with Crippen molar-refractivity contribution in [3.05, 3.63) is 0 Å². The third kappa shape index (κ3) is 4.24. The van der Waals surface area contributed by atoms with Crippen molar-refractivity contribution < 1.29 is 24.8 Å². The number of aliphatic hydroxyl groups is 3. The molecule has 10 heteroatoms. The molecule has 0 unspecified atom stereocenters. The fourth-order valence-corrected chi connectivity index (χ4v) is 2.57. The summed E-state index contributed by atoms with van der Waals surface area (Å²) in [5.41, 5.74) is 5.88. The van der Waals surface area contributed by atoms with Gasteiger partial charge in [-0.1, -0.05) is 0 Å². The van der Waals surface area contributed by atoms with E-state index in [0.29, 0.717) is 26.3 Å². The van der Waals surface area contributed by atoms with Crippen molar-refractivity contribution in [2.75, 3.05) is 39.5 Å². The number of aliphatic hydroxyl groups excluding tert-OH is 3. The fraction of sp³-hybridized carbons (Fsp3) is 0.833. The van der Waals surface area contributed by atoms with E-state index in [0.717, 1.165) is 0 Å². The van der Waals surface area contributed by atoms with Gasteiger partial charge in [0.1, 0.15) is 18.3 Å². The number of thiocarbonyl (C=S) groups is 1. The lowest BCUT2D eigenvalue weighted by Crippen LogP contribution is -2.59. The normalized spacial score (nSPS) is 33.6. The number of hydrogen-bond donors (Lipinski definition) is 5. The minimum atomic E-state index is -1.19. The molecule has 2 fully saturated rings. The second-order valence-corrected chi connectivity index (χ2v) is 5.55. The van der Waals surface area contributed by atoms with Gasteiger partial charge in [0.05, 0.1) is 32.5 Å². The molecule has 0 aliphatic carbocycles. The average Bonchev–Trinajstić information content (AvgIpc) is 2.53. The van der Waals surface area contributed by atoms with Gasteiger partial charge in [0.25, 0.3) is 0 Å². The van der Waals surface area contributed by atoms with Crippen molar-refractivity contribution in [2.45, 2.75) is 24.4 Å². The molecule has 0 aromatic rings. The zero-order chi connectivity index (χ0) is 16.1. The van der Waals surface area contributed by atoms with Crippen LogP contribution in [0.1, 0.15) is 0 Å². The Labute approximate surface area is 133 Å². The SMILES string of the molecule is N/C(=N\C(=S)N[C@H]1CO[C@H](CO)[C@H](O)[C@@H]1O)N1CCOCC1. The van der Waals surface area contributed by atoms with E-state index in [2.05, 4.69) is 10.3 Å². The highest BCUT2D eigenvalue weighted by molar-refractivity contribution is 7.80. The van der Waals surface area contributed by atoms with Gasteiger partial charge in [0.15, 0.2) is 11.1 Å². The van der Waals surface area contributed by atoms with Crippen LogP contribution in [0.4, 0.5) is 0 Å². The van der Waals surface area contributed by atoms with Crippen LogP contribution in [0.2, 0.25) is 0 Å². The molecule has 2 aliphatic rings. The molecule has 0 spiro atoms. The molecule has 4 atom stereocenters. The molecule has 9 nitrogen and oxygen atoms in total. The molecule has 6 N–H and O–H groups in total. The number of aliphatic imine (C=N–C) groups is 1. The molecule has 22 heavy (non-hydrogen) atoms. The van der Waals surface area contributed by atoms with E-state index in [1.54, 1.807) is 0 Å². The first-order chi connectivity index (χ1) is 10.5. The summed E-state index contributed by atoms with van der Waals surface area (Å²) >= 11 is 5.10. The summed E-state index contributed by atoms with van der Waals surface area (Å²) in [6, 6.07) is -0.619. The van der Waals surface area contributed by atoms with Gasteiger partial charge >= 0.3 is 0 Å². The Kier molecular flexibility index (Phi) is 6.29. The second kappa shape index (κ2) is 7.99. The quantitative estimate of drug-likeness (QED) is 0.203. The molecule has 0 saturated carbocycles. The van der Waals surface area contributed by atoms with Crippen molar-refractivity contribution in [1.29, 1.82) is 0 Å². The first-order valence-corrected chi connectivity index (χ1v) is 7.49. The van der Waals surface area contributed by atoms with E-state index in [9.17, 15) is 10.2 Å². The van der Waals surface area contributed by atoms with Crippen LogP contribution in [0.15, 0.2) is 4.99 Å². The monoisotopic (exact) mass is 334 g/mol. The highest BCUT2D eigenvalue weighted by Gasteiger charge is 2.38. The molecule has 2 rings (SSSR count). The van der Waals surface area contributed by atoms with Gasteiger partial charge in [-0.25, -0.2) is 0 Å². The smallest absolute Gasteiger partial charge is 0.198 e. The van der Waals surface area contributed by atoms with Crippen LogP contribution in [0.25, 0.3) is 0 Å². The van der Waals surface area contributed by atoms with Gasteiger partial charge in [-0.2, -0.15) is 4.99 Å². The summed E-state index contributed by atoms with van der Waals surface area (Å²) in [5.74, 6) is 0.279. The van der Waals surface area contributed by atoms with Crippen LogP contribution in [-0.4, -0.2) is 95.2 Å². The van der Waals surface area contributed by atoms with Crippen LogP contribution < -0.4 is 11.1 Å². The van der Waals surface area contributed by atoms with Gasteiger partial charge in [-0.3, -0.25) is 0 Å². The van der Waals surface area contributed by atoms with Crippen LogP contribution >= 0.6 is 12.2 Å². The summed E-state index contributed by atoms with van der Waals surface area (Å²) in [6.07, 6.45) is -3.12. The molecule has 2 aliphatic heterocycles. The average molecular weight is 334 g/mol. The van der Waals surface area contributed by atoms with Gasteiger partial charge in [-0.05, 0) is 12.2 Å². The number of nitrogens with one attached hydrogen (secondary N) is 1. The maximum Gasteiger partial charge on any atom is 0.198 e. The minimum absolute atomic E-state index is 0.0938. The molecule has 2 saturated heterocycles.